The van der Waals surface area contributed by atoms with Crippen molar-refractivity contribution in [3.63, 3.8) is 0 Å². The van der Waals surface area contributed by atoms with Crippen molar-refractivity contribution in [3.05, 3.63) is 0 Å². The summed E-state index contributed by atoms with van der Waals surface area (Å²) in [4.78, 5) is 24.6. The van der Waals surface area contributed by atoms with Gasteiger partial charge in [-0.2, -0.15) is 21.9 Å². The highest BCUT2D eigenvalue weighted by molar-refractivity contribution is 7.81. The van der Waals surface area contributed by atoms with Crippen LogP contribution in [-0.2, 0) is 4.79 Å². The van der Waals surface area contributed by atoms with E-state index in [9.17, 15) is 14.7 Å². The molecule has 1 saturated carbocycles. The number of nitrogens with zero attached hydrogens (tertiary/aromatic N) is 1. The first-order chi connectivity index (χ1) is 8.35. The van der Waals surface area contributed by atoms with E-state index in [2.05, 4.69) is 12.6 Å². The molecular formula is C13H22NO3S+. The average Bonchev–Trinajstić information content (AvgIpc) is 2.84. The van der Waals surface area contributed by atoms with E-state index in [1.54, 1.807) is 0 Å². The largest absolute Gasteiger partial charge is 0.521 e. The van der Waals surface area contributed by atoms with Crippen LogP contribution in [-0.4, -0.2) is 39.4 Å². The van der Waals surface area contributed by atoms with Crippen LogP contribution in [0.4, 0.5) is 4.79 Å². The Morgan fingerprint density at radius 1 is 1.33 bits per heavy atom. The van der Waals surface area contributed by atoms with E-state index in [0.29, 0.717) is 6.54 Å². The third-order valence-corrected chi connectivity index (χ3v) is 5.81. The maximum Gasteiger partial charge on any atom is 0.521 e. The lowest BCUT2D eigenvalue weighted by Crippen LogP contribution is -2.63. The Morgan fingerprint density at radius 3 is 2.39 bits per heavy atom. The van der Waals surface area contributed by atoms with Gasteiger partial charge in [0, 0.05) is 18.1 Å². The molecule has 0 bridgehead atoms. The van der Waals surface area contributed by atoms with Crippen LogP contribution in [0.3, 0.4) is 0 Å². The molecule has 1 saturated heterocycles. The Morgan fingerprint density at radius 2 is 2.00 bits per heavy atom. The highest BCUT2D eigenvalue weighted by atomic mass is 32.1. The van der Waals surface area contributed by atoms with E-state index in [1.807, 2.05) is 13.8 Å². The topological polar surface area (TPSA) is 54.4 Å². The first-order valence-electron chi connectivity index (χ1n) is 6.70. The monoisotopic (exact) mass is 272 g/mol. The molecule has 4 atom stereocenters. The van der Waals surface area contributed by atoms with Crippen molar-refractivity contribution in [1.29, 1.82) is 0 Å². The van der Waals surface area contributed by atoms with E-state index in [0.717, 1.165) is 32.1 Å². The number of hydrogen-bond donors (Lipinski definition) is 2. The molecule has 3 unspecified atom stereocenters. The van der Waals surface area contributed by atoms with E-state index < -0.39 is 11.5 Å². The summed E-state index contributed by atoms with van der Waals surface area (Å²) in [7, 11) is 0. The lowest BCUT2D eigenvalue weighted by atomic mass is 9.85. The number of hydrogen-bond acceptors (Lipinski definition) is 3. The Hall–Kier alpha value is -0.550. The predicted octanol–water partition coefficient (Wildman–Crippen LogP) is 2.68. The number of imide groups is 1. The van der Waals surface area contributed by atoms with Gasteiger partial charge in [0.15, 0.2) is 0 Å². The molecule has 5 heteroatoms. The van der Waals surface area contributed by atoms with Gasteiger partial charge in [0.05, 0.1) is 12.0 Å². The van der Waals surface area contributed by atoms with Crippen molar-refractivity contribution < 1.29 is 19.2 Å². The molecule has 0 radical (unpaired) electrons. The van der Waals surface area contributed by atoms with Crippen LogP contribution in [0.15, 0.2) is 0 Å². The molecular weight excluding hydrogens is 250 g/mol. The Labute approximate surface area is 113 Å². The van der Waals surface area contributed by atoms with Gasteiger partial charge in [-0.25, -0.2) is 4.79 Å². The van der Waals surface area contributed by atoms with Gasteiger partial charge < -0.3 is 5.11 Å². The number of carbonyl (C=O) groups is 2. The standard InChI is InChI=1S/C13H21NO3S/c1-9-5-4-8-14(9,12(16)17)11(15)13(2)7-3-6-10(13)18/h9-10H,3-8H2,1-2H3,(H-,16,17,18)/p+1/t9-,10?,13?,14?/m1/s1. The van der Waals surface area contributed by atoms with Crippen molar-refractivity contribution in [2.24, 2.45) is 5.41 Å². The fourth-order valence-corrected chi connectivity index (χ4v) is 4.02. The molecule has 0 aromatic heterocycles. The van der Waals surface area contributed by atoms with Crippen molar-refractivity contribution >= 4 is 24.6 Å². The quantitative estimate of drug-likeness (QED) is 0.570. The Kier molecular flexibility index (Phi) is 3.49. The van der Waals surface area contributed by atoms with Crippen molar-refractivity contribution in [2.45, 2.75) is 57.2 Å². The number of rotatable bonds is 1. The van der Waals surface area contributed by atoms with E-state index in [-0.39, 0.29) is 21.7 Å². The minimum absolute atomic E-state index is 0.00727. The molecule has 0 aromatic carbocycles. The average molecular weight is 272 g/mol. The van der Waals surface area contributed by atoms with Crippen LogP contribution in [0.2, 0.25) is 0 Å². The fraction of sp³-hybridized carbons (Fsp3) is 0.846. The first kappa shape index (κ1) is 13.9. The van der Waals surface area contributed by atoms with Crippen molar-refractivity contribution in [1.82, 2.24) is 0 Å². The summed E-state index contributed by atoms with van der Waals surface area (Å²) in [5.74, 6) is -0.127. The smallest absolute Gasteiger partial charge is 0.435 e. The van der Waals surface area contributed by atoms with Gasteiger partial charge >= 0.3 is 12.0 Å². The van der Waals surface area contributed by atoms with Gasteiger partial charge in [0.2, 0.25) is 0 Å². The zero-order chi connectivity index (χ0) is 13.6. The molecule has 2 amide bonds. The summed E-state index contributed by atoms with van der Waals surface area (Å²) in [6.07, 6.45) is 3.26. The number of carbonyl (C=O) groups excluding carboxylic acids is 1. The van der Waals surface area contributed by atoms with Gasteiger partial charge in [-0.3, -0.25) is 0 Å². The van der Waals surface area contributed by atoms with E-state index in [1.165, 1.54) is 0 Å². The second kappa shape index (κ2) is 4.53. The SMILES string of the molecule is C[C@@H]1CCC[N+]1(C(=O)O)C(=O)C1(C)CCCC1S. The van der Waals surface area contributed by atoms with Crippen LogP contribution < -0.4 is 0 Å². The summed E-state index contributed by atoms with van der Waals surface area (Å²) in [5, 5.41) is 9.58. The molecule has 0 spiro atoms. The summed E-state index contributed by atoms with van der Waals surface area (Å²) in [5.41, 5.74) is -0.583. The molecule has 2 fully saturated rings. The van der Waals surface area contributed by atoms with Gasteiger partial charge in [0.1, 0.15) is 6.04 Å². The van der Waals surface area contributed by atoms with E-state index in [4.69, 9.17) is 0 Å². The Balaban J connectivity index is 2.39. The zero-order valence-corrected chi connectivity index (χ0v) is 11.9. The predicted molar refractivity (Wildman–Crippen MR) is 71.6 cm³/mol. The fourth-order valence-electron chi connectivity index (χ4n) is 3.60. The zero-order valence-electron chi connectivity index (χ0n) is 11.1. The van der Waals surface area contributed by atoms with Gasteiger partial charge in [-0.15, -0.1) is 0 Å². The summed E-state index contributed by atoms with van der Waals surface area (Å²) in [6.45, 7) is 4.21. The minimum Gasteiger partial charge on any atom is -0.435 e. The molecule has 18 heavy (non-hydrogen) atoms. The number of likely N-dealkylation sites (tertiary alicyclic amines) is 1. The number of quaternary nitrogens is 1. The molecule has 0 aromatic rings. The third-order valence-electron chi connectivity index (χ3n) is 4.99. The molecule has 1 heterocycles. The molecule has 2 rings (SSSR count). The number of amides is 2. The molecule has 4 nitrogen and oxygen atoms in total. The molecule has 2 aliphatic rings. The normalized spacial score (nSPS) is 44.2. The van der Waals surface area contributed by atoms with Gasteiger partial charge in [-0.05, 0) is 26.7 Å². The second-order valence-electron chi connectivity index (χ2n) is 6.00. The van der Waals surface area contributed by atoms with E-state index >= 15 is 0 Å². The lowest BCUT2D eigenvalue weighted by Gasteiger charge is -2.37. The molecule has 1 aliphatic heterocycles. The highest BCUT2D eigenvalue weighted by Crippen LogP contribution is 2.46. The van der Waals surface area contributed by atoms with Crippen molar-refractivity contribution in [3.8, 4) is 0 Å². The molecule has 102 valence electrons. The number of thiol groups is 1. The number of carboxylic acid groups (broad SMARTS) is 1. The van der Waals surface area contributed by atoms with Gasteiger partial charge in [-0.1, -0.05) is 6.42 Å². The van der Waals surface area contributed by atoms with Gasteiger partial charge in [0.25, 0.3) is 0 Å². The van der Waals surface area contributed by atoms with Crippen LogP contribution in [0.5, 0.6) is 0 Å². The maximum absolute atomic E-state index is 12.9. The first-order valence-corrected chi connectivity index (χ1v) is 7.21. The van der Waals surface area contributed by atoms with Crippen LogP contribution >= 0.6 is 12.6 Å². The molecule has 1 aliphatic carbocycles. The summed E-state index contributed by atoms with van der Waals surface area (Å²) >= 11 is 4.52. The van der Waals surface area contributed by atoms with Crippen LogP contribution in [0.25, 0.3) is 0 Å². The highest BCUT2D eigenvalue weighted by Gasteiger charge is 2.61. The maximum atomic E-state index is 12.9. The van der Waals surface area contributed by atoms with Crippen LogP contribution in [0.1, 0.15) is 46.0 Å². The van der Waals surface area contributed by atoms with Crippen molar-refractivity contribution in [2.75, 3.05) is 6.54 Å². The summed E-state index contributed by atoms with van der Waals surface area (Å²) < 4.78 is -0.381. The minimum atomic E-state index is -0.987. The lowest BCUT2D eigenvalue weighted by molar-refractivity contribution is -0.795. The third kappa shape index (κ3) is 1.71. The summed E-state index contributed by atoms with van der Waals surface area (Å²) in [6, 6.07) is -0.118. The molecule has 1 N–H and O–H groups in total. The van der Waals surface area contributed by atoms with Crippen LogP contribution in [0, 0.1) is 5.41 Å². The second-order valence-corrected chi connectivity index (χ2v) is 6.62. The Bertz CT molecular complexity index is 386.